The lowest BCUT2D eigenvalue weighted by atomic mass is 10.3. The predicted octanol–water partition coefficient (Wildman–Crippen LogP) is 1.07. The molecule has 0 saturated heterocycles. The van der Waals surface area contributed by atoms with Gasteiger partial charge < -0.3 is 14.6 Å². The maximum absolute atomic E-state index is 10.8. The number of likely N-dealkylation sites (N-methyl/N-ethyl adjacent to an activating group) is 1. The van der Waals surface area contributed by atoms with Crippen molar-refractivity contribution in [3.8, 4) is 0 Å². The zero-order chi connectivity index (χ0) is 15.6. The Kier molecular flexibility index (Phi) is 4.89. The van der Waals surface area contributed by atoms with Crippen molar-refractivity contribution in [2.45, 2.75) is 25.0 Å². The smallest absolute Gasteiger partial charge is 0.313 e. The van der Waals surface area contributed by atoms with Crippen LogP contribution in [0, 0.1) is 0 Å². The number of nitrogens with zero attached hydrogens (tertiary/aromatic N) is 5. The van der Waals surface area contributed by atoms with Crippen LogP contribution in [-0.2, 0) is 24.8 Å². The Hall–Kier alpha value is -1.54. The van der Waals surface area contributed by atoms with E-state index < -0.39 is 5.97 Å². The number of imidazole rings is 1. The van der Waals surface area contributed by atoms with Gasteiger partial charge in [0.25, 0.3) is 0 Å². The van der Waals surface area contributed by atoms with Crippen molar-refractivity contribution in [1.82, 2.24) is 24.2 Å². The summed E-state index contributed by atoms with van der Waals surface area (Å²) in [5, 5.41) is 14.1. The summed E-state index contributed by atoms with van der Waals surface area (Å²) in [7, 11) is 5.93. The number of carbonyl (C=O) groups is 1. The van der Waals surface area contributed by atoms with Crippen LogP contribution in [0.2, 0.25) is 0 Å². The van der Waals surface area contributed by atoms with Gasteiger partial charge >= 0.3 is 5.97 Å². The SMILES string of the molecule is CCc1nn(C)c2c1nc(SCC(=O)O)n2CCN(C)C. The summed E-state index contributed by atoms with van der Waals surface area (Å²) >= 11 is 1.26. The number of hydrogen-bond acceptors (Lipinski definition) is 5. The number of carboxylic acid groups (broad SMARTS) is 1. The zero-order valence-corrected chi connectivity index (χ0v) is 13.6. The van der Waals surface area contributed by atoms with Crippen molar-refractivity contribution in [2.75, 3.05) is 26.4 Å². The molecule has 116 valence electrons. The Morgan fingerprint density at radius 1 is 1.43 bits per heavy atom. The van der Waals surface area contributed by atoms with Gasteiger partial charge in [0.15, 0.2) is 10.8 Å². The molecule has 0 fully saturated rings. The van der Waals surface area contributed by atoms with Crippen LogP contribution in [0.5, 0.6) is 0 Å². The van der Waals surface area contributed by atoms with Crippen molar-refractivity contribution in [1.29, 1.82) is 0 Å². The number of fused-ring (bicyclic) bond motifs is 1. The molecule has 7 nitrogen and oxygen atoms in total. The number of rotatable bonds is 7. The molecule has 0 spiro atoms. The van der Waals surface area contributed by atoms with E-state index in [-0.39, 0.29) is 5.75 Å². The van der Waals surface area contributed by atoms with Gasteiger partial charge in [0.1, 0.15) is 5.52 Å². The molecule has 0 radical (unpaired) electrons. The molecule has 0 amide bonds. The Labute approximate surface area is 127 Å². The van der Waals surface area contributed by atoms with E-state index in [1.165, 1.54) is 11.8 Å². The van der Waals surface area contributed by atoms with E-state index >= 15 is 0 Å². The summed E-state index contributed by atoms with van der Waals surface area (Å²) in [4.78, 5) is 17.5. The Morgan fingerprint density at radius 3 is 2.71 bits per heavy atom. The van der Waals surface area contributed by atoms with Crippen LogP contribution >= 0.6 is 11.8 Å². The van der Waals surface area contributed by atoms with Gasteiger partial charge in [0, 0.05) is 20.1 Å². The van der Waals surface area contributed by atoms with Crippen molar-refractivity contribution in [3.63, 3.8) is 0 Å². The van der Waals surface area contributed by atoms with Crippen LogP contribution in [-0.4, -0.2) is 61.7 Å². The molecule has 0 aliphatic rings. The van der Waals surface area contributed by atoms with Gasteiger partial charge in [-0.15, -0.1) is 0 Å². The molecule has 0 aliphatic heterocycles. The van der Waals surface area contributed by atoms with Gasteiger partial charge in [-0.25, -0.2) is 4.98 Å². The highest BCUT2D eigenvalue weighted by atomic mass is 32.2. The van der Waals surface area contributed by atoms with Crippen molar-refractivity contribution >= 4 is 28.9 Å². The van der Waals surface area contributed by atoms with Gasteiger partial charge in [-0.2, -0.15) is 5.10 Å². The first-order valence-electron chi connectivity index (χ1n) is 6.85. The van der Waals surface area contributed by atoms with E-state index in [1.54, 1.807) is 0 Å². The molecule has 0 atom stereocenters. The second-order valence-corrected chi connectivity index (χ2v) is 6.07. The molecule has 2 aromatic heterocycles. The third-order valence-electron chi connectivity index (χ3n) is 3.19. The largest absolute Gasteiger partial charge is 0.481 e. The highest BCUT2D eigenvalue weighted by Crippen LogP contribution is 2.26. The molecular formula is C13H21N5O2S. The molecule has 2 heterocycles. The topological polar surface area (TPSA) is 76.2 Å². The Morgan fingerprint density at radius 2 is 2.14 bits per heavy atom. The average Bonchev–Trinajstić information content (AvgIpc) is 2.92. The van der Waals surface area contributed by atoms with Crippen molar-refractivity contribution < 1.29 is 9.90 Å². The number of carboxylic acids is 1. The van der Waals surface area contributed by atoms with E-state index in [1.807, 2.05) is 32.7 Å². The second kappa shape index (κ2) is 6.48. The third kappa shape index (κ3) is 3.38. The molecule has 0 unspecified atom stereocenters. The fourth-order valence-corrected chi connectivity index (χ4v) is 2.94. The number of aromatic nitrogens is 4. The first-order chi connectivity index (χ1) is 9.93. The first-order valence-corrected chi connectivity index (χ1v) is 7.84. The molecule has 21 heavy (non-hydrogen) atoms. The summed E-state index contributed by atoms with van der Waals surface area (Å²) in [5.74, 6) is -0.819. The maximum Gasteiger partial charge on any atom is 0.313 e. The lowest BCUT2D eigenvalue weighted by molar-refractivity contribution is -0.133. The molecule has 2 aromatic rings. The normalized spacial score (nSPS) is 11.7. The molecule has 0 aliphatic carbocycles. The van der Waals surface area contributed by atoms with E-state index in [0.717, 1.165) is 41.5 Å². The average molecular weight is 311 g/mol. The summed E-state index contributed by atoms with van der Waals surface area (Å²) in [6, 6.07) is 0. The molecular weight excluding hydrogens is 290 g/mol. The van der Waals surface area contributed by atoms with Crippen LogP contribution in [0.25, 0.3) is 11.2 Å². The van der Waals surface area contributed by atoms with Crippen LogP contribution < -0.4 is 0 Å². The van der Waals surface area contributed by atoms with Crippen LogP contribution in [0.15, 0.2) is 5.16 Å². The lowest BCUT2D eigenvalue weighted by Crippen LogP contribution is -2.19. The monoisotopic (exact) mass is 311 g/mol. The fraction of sp³-hybridized carbons (Fsp3) is 0.615. The number of thioether (sulfide) groups is 1. The Balaban J connectivity index is 2.44. The van der Waals surface area contributed by atoms with E-state index in [9.17, 15) is 4.79 Å². The highest BCUT2D eigenvalue weighted by Gasteiger charge is 2.19. The zero-order valence-electron chi connectivity index (χ0n) is 12.8. The number of aryl methyl sites for hydroxylation is 2. The number of hydrogen-bond donors (Lipinski definition) is 1. The number of aliphatic carboxylic acids is 1. The van der Waals surface area contributed by atoms with Gasteiger partial charge in [0.05, 0.1) is 11.4 Å². The standard InChI is InChI=1S/C13H21N5O2S/c1-5-9-11-12(17(4)15-9)18(7-6-16(2)3)13(14-11)21-8-10(19)20/h5-8H2,1-4H3,(H,19,20). The maximum atomic E-state index is 10.8. The first kappa shape index (κ1) is 15.8. The highest BCUT2D eigenvalue weighted by molar-refractivity contribution is 7.99. The summed E-state index contributed by atoms with van der Waals surface area (Å²) in [6.45, 7) is 3.66. The summed E-state index contributed by atoms with van der Waals surface area (Å²) in [6.07, 6.45) is 0.811. The molecule has 1 N–H and O–H groups in total. The van der Waals surface area contributed by atoms with E-state index in [0.29, 0.717) is 0 Å². The minimum absolute atomic E-state index is 0.0141. The van der Waals surface area contributed by atoms with Crippen molar-refractivity contribution in [2.24, 2.45) is 7.05 Å². The molecule has 0 bridgehead atoms. The molecule has 8 heteroatoms. The second-order valence-electron chi connectivity index (χ2n) is 5.13. The quantitative estimate of drug-likeness (QED) is 0.771. The molecule has 0 saturated carbocycles. The van der Waals surface area contributed by atoms with Crippen LogP contribution in [0.1, 0.15) is 12.6 Å². The minimum Gasteiger partial charge on any atom is -0.481 e. The Bertz CT molecular complexity index is 647. The minimum atomic E-state index is -0.833. The molecule has 0 aromatic carbocycles. The third-order valence-corrected chi connectivity index (χ3v) is 4.15. The van der Waals surface area contributed by atoms with Gasteiger partial charge in [-0.05, 0) is 20.5 Å². The summed E-state index contributed by atoms with van der Waals surface area (Å²) in [5.41, 5.74) is 2.79. The van der Waals surface area contributed by atoms with E-state index in [2.05, 4.69) is 19.5 Å². The van der Waals surface area contributed by atoms with Crippen LogP contribution in [0.4, 0.5) is 0 Å². The van der Waals surface area contributed by atoms with Gasteiger partial charge in [-0.1, -0.05) is 18.7 Å². The predicted molar refractivity (Wildman–Crippen MR) is 82.8 cm³/mol. The molecule has 2 rings (SSSR count). The van der Waals surface area contributed by atoms with Gasteiger partial charge in [0.2, 0.25) is 0 Å². The lowest BCUT2D eigenvalue weighted by Gasteiger charge is -2.12. The van der Waals surface area contributed by atoms with Crippen LogP contribution in [0.3, 0.4) is 0 Å². The van der Waals surface area contributed by atoms with E-state index in [4.69, 9.17) is 5.11 Å². The fourth-order valence-electron chi connectivity index (χ4n) is 2.20. The summed E-state index contributed by atoms with van der Waals surface area (Å²) < 4.78 is 3.90. The van der Waals surface area contributed by atoms with Gasteiger partial charge in [-0.3, -0.25) is 9.48 Å². The van der Waals surface area contributed by atoms with Crippen molar-refractivity contribution in [3.05, 3.63) is 5.69 Å².